The Labute approximate surface area is 88.5 Å². The van der Waals surface area contributed by atoms with Crippen LogP contribution in [-0.4, -0.2) is 24.3 Å². The van der Waals surface area contributed by atoms with E-state index >= 15 is 0 Å². The van der Waals surface area contributed by atoms with Crippen LogP contribution >= 0.6 is 0 Å². The summed E-state index contributed by atoms with van der Waals surface area (Å²) in [6, 6.07) is 7.27. The topological polar surface area (TPSA) is 52.9 Å². The van der Waals surface area contributed by atoms with Crippen molar-refractivity contribution in [3.8, 4) is 0 Å². The van der Waals surface area contributed by atoms with Gasteiger partial charge in [0.05, 0.1) is 6.10 Å². The third-order valence-corrected chi connectivity index (χ3v) is 2.76. The highest BCUT2D eigenvalue weighted by Gasteiger charge is 2.17. The first-order valence-electron chi connectivity index (χ1n) is 5.16. The number of nitroso groups, excluding NO2 is 1. The van der Waals surface area contributed by atoms with Gasteiger partial charge in [0.15, 0.2) is 0 Å². The molecule has 1 aromatic rings. The van der Waals surface area contributed by atoms with Gasteiger partial charge in [-0.05, 0) is 36.2 Å². The summed E-state index contributed by atoms with van der Waals surface area (Å²) in [4.78, 5) is 12.6. The van der Waals surface area contributed by atoms with Crippen molar-refractivity contribution in [3.63, 3.8) is 0 Å². The summed E-state index contributed by atoms with van der Waals surface area (Å²) < 4.78 is 0. The maximum Gasteiger partial charge on any atom is 0.110 e. The van der Waals surface area contributed by atoms with E-state index in [4.69, 9.17) is 0 Å². The maximum atomic E-state index is 10.4. The largest absolute Gasteiger partial charge is 0.393 e. The van der Waals surface area contributed by atoms with Gasteiger partial charge in [-0.25, -0.2) is 0 Å². The van der Waals surface area contributed by atoms with E-state index in [-0.39, 0.29) is 6.10 Å². The van der Waals surface area contributed by atoms with Crippen LogP contribution < -0.4 is 4.90 Å². The summed E-state index contributed by atoms with van der Waals surface area (Å²) in [5.41, 5.74) is 1.47. The van der Waals surface area contributed by atoms with E-state index in [9.17, 15) is 10.0 Å². The third kappa shape index (κ3) is 2.33. The molecule has 1 aliphatic rings. The van der Waals surface area contributed by atoms with Crippen molar-refractivity contribution in [2.75, 3.05) is 18.0 Å². The van der Waals surface area contributed by atoms with Gasteiger partial charge in [0.2, 0.25) is 0 Å². The smallest absolute Gasteiger partial charge is 0.110 e. The van der Waals surface area contributed by atoms with Crippen LogP contribution in [0.5, 0.6) is 0 Å². The molecular formula is C11H14N2O2. The Morgan fingerprint density at radius 2 is 2.07 bits per heavy atom. The first-order valence-corrected chi connectivity index (χ1v) is 5.16. The number of nitrogens with zero attached hydrogens (tertiary/aromatic N) is 2. The first-order chi connectivity index (χ1) is 7.29. The minimum atomic E-state index is -0.173. The van der Waals surface area contributed by atoms with Crippen LogP contribution in [0.15, 0.2) is 29.4 Å². The summed E-state index contributed by atoms with van der Waals surface area (Å²) in [6.07, 6.45) is 1.41. The summed E-state index contributed by atoms with van der Waals surface area (Å²) in [7, 11) is 0. The van der Waals surface area contributed by atoms with Gasteiger partial charge in [-0.1, -0.05) is 6.07 Å². The number of aliphatic hydroxyl groups is 1. The zero-order valence-electron chi connectivity index (χ0n) is 8.47. The molecule has 2 rings (SSSR count). The zero-order chi connectivity index (χ0) is 10.7. The molecule has 80 valence electrons. The minimum Gasteiger partial charge on any atom is -0.393 e. The van der Waals surface area contributed by atoms with E-state index in [2.05, 4.69) is 10.1 Å². The van der Waals surface area contributed by atoms with Crippen molar-refractivity contribution in [3.05, 3.63) is 29.2 Å². The fraction of sp³-hybridized carbons (Fsp3) is 0.455. The lowest BCUT2D eigenvalue weighted by Crippen LogP contribution is -2.35. The molecule has 1 heterocycles. The van der Waals surface area contributed by atoms with Crippen LogP contribution in [0.3, 0.4) is 0 Å². The number of anilines is 1. The number of hydrogen-bond acceptors (Lipinski definition) is 4. The van der Waals surface area contributed by atoms with Crippen LogP contribution in [0.1, 0.15) is 12.8 Å². The number of aliphatic hydroxyl groups excluding tert-OH is 1. The number of rotatable bonds is 2. The Bertz CT molecular complexity index is 346. The van der Waals surface area contributed by atoms with Gasteiger partial charge >= 0.3 is 0 Å². The van der Waals surface area contributed by atoms with Crippen molar-refractivity contribution >= 4 is 11.4 Å². The van der Waals surface area contributed by atoms with Crippen molar-refractivity contribution in [2.45, 2.75) is 18.9 Å². The lowest BCUT2D eigenvalue weighted by Gasteiger charge is -2.31. The van der Waals surface area contributed by atoms with Crippen LogP contribution in [0.25, 0.3) is 0 Å². The SMILES string of the molecule is O=Nc1cccc(N2CCC(O)CC2)c1. The van der Waals surface area contributed by atoms with E-state index < -0.39 is 0 Å². The number of piperidine rings is 1. The monoisotopic (exact) mass is 206 g/mol. The van der Waals surface area contributed by atoms with Gasteiger partial charge in [0, 0.05) is 18.8 Å². The quantitative estimate of drug-likeness (QED) is 0.753. The molecule has 0 aromatic heterocycles. The lowest BCUT2D eigenvalue weighted by molar-refractivity contribution is 0.145. The average Bonchev–Trinajstić information content (AvgIpc) is 2.30. The van der Waals surface area contributed by atoms with E-state index in [0.29, 0.717) is 5.69 Å². The second-order valence-corrected chi connectivity index (χ2v) is 3.83. The molecule has 0 spiro atoms. The van der Waals surface area contributed by atoms with Gasteiger partial charge in [0.1, 0.15) is 5.69 Å². The summed E-state index contributed by atoms with van der Waals surface area (Å²) in [6.45, 7) is 1.67. The normalized spacial score (nSPS) is 17.8. The Morgan fingerprint density at radius 3 is 2.73 bits per heavy atom. The molecule has 0 amide bonds. The fourth-order valence-electron chi connectivity index (χ4n) is 1.87. The summed E-state index contributed by atoms with van der Waals surface area (Å²) in [5.74, 6) is 0. The molecule has 1 aliphatic heterocycles. The van der Waals surface area contributed by atoms with Crippen LogP contribution in [-0.2, 0) is 0 Å². The van der Waals surface area contributed by atoms with Crippen LogP contribution in [0, 0.1) is 4.91 Å². The van der Waals surface area contributed by atoms with Crippen molar-refractivity contribution in [2.24, 2.45) is 5.18 Å². The molecule has 1 aromatic carbocycles. The van der Waals surface area contributed by atoms with Crippen LogP contribution in [0.2, 0.25) is 0 Å². The van der Waals surface area contributed by atoms with E-state index in [1.54, 1.807) is 12.1 Å². The Balaban J connectivity index is 2.11. The molecule has 4 nitrogen and oxygen atoms in total. The molecule has 4 heteroatoms. The van der Waals surface area contributed by atoms with E-state index in [1.807, 2.05) is 12.1 Å². The molecule has 0 atom stereocenters. The zero-order valence-corrected chi connectivity index (χ0v) is 8.47. The highest BCUT2D eigenvalue weighted by molar-refractivity contribution is 5.55. The Kier molecular flexibility index (Phi) is 2.97. The van der Waals surface area contributed by atoms with E-state index in [0.717, 1.165) is 31.6 Å². The molecule has 15 heavy (non-hydrogen) atoms. The highest BCUT2D eigenvalue weighted by atomic mass is 16.3. The molecule has 0 saturated carbocycles. The second-order valence-electron chi connectivity index (χ2n) is 3.83. The van der Waals surface area contributed by atoms with Crippen molar-refractivity contribution < 1.29 is 5.11 Å². The number of hydrogen-bond donors (Lipinski definition) is 1. The second kappa shape index (κ2) is 4.40. The minimum absolute atomic E-state index is 0.173. The third-order valence-electron chi connectivity index (χ3n) is 2.76. The molecule has 0 bridgehead atoms. The average molecular weight is 206 g/mol. The summed E-state index contributed by atoms with van der Waals surface area (Å²) >= 11 is 0. The van der Waals surface area contributed by atoms with Gasteiger partial charge in [-0.3, -0.25) is 0 Å². The summed E-state index contributed by atoms with van der Waals surface area (Å²) in [5, 5.41) is 12.3. The molecule has 0 radical (unpaired) electrons. The van der Waals surface area contributed by atoms with Crippen LogP contribution in [0.4, 0.5) is 11.4 Å². The standard InChI is InChI=1S/C11H14N2O2/c14-11-4-6-13(7-5-11)10-3-1-2-9(8-10)12-15/h1-3,8,11,14H,4-7H2. The Morgan fingerprint density at radius 1 is 1.33 bits per heavy atom. The Hall–Kier alpha value is -1.42. The first kappa shape index (κ1) is 10.1. The van der Waals surface area contributed by atoms with Gasteiger partial charge in [-0.2, -0.15) is 0 Å². The van der Waals surface area contributed by atoms with Gasteiger partial charge in [-0.15, -0.1) is 4.91 Å². The van der Waals surface area contributed by atoms with Crippen molar-refractivity contribution in [1.29, 1.82) is 0 Å². The molecule has 1 saturated heterocycles. The molecule has 1 fully saturated rings. The predicted octanol–water partition coefficient (Wildman–Crippen LogP) is 2.05. The van der Waals surface area contributed by atoms with Gasteiger partial charge in [0.25, 0.3) is 0 Å². The van der Waals surface area contributed by atoms with Crippen molar-refractivity contribution in [1.82, 2.24) is 0 Å². The lowest BCUT2D eigenvalue weighted by atomic mass is 10.1. The van der Waals surface area contributed by atoms with Gasteiger partial charge < -0.3 is 10.0 Å². The highest BCUT2D eigenvalue weighted by Crippen LogP contribution is 2.24. The fourth-order valence-corrected chi connectivity index (χ4v) is 1.87. The molecule has 0 aliphatic carbocycles. The molecule has 1 N–H and O–H groups in total. The molecule has 0 unspecified atom stereocenters. The predicted molar refractivity (Wildman–Crippen MR) is 59.4 cm³/mol. The maximum absolute atomic E-state index is 10.4. The number of benzene rings is 1. The molecular weight excluding hydrogens is 192 g/mol. The van der Waals surface area contributed by atoms with E-state index in [1.165, 1.54) is 0 Å².